The number of guanidine groups is 1. The minimum Gasteiger partial charge on any atom is -0.370 e. The van der Waals surface area contributed by atoms with Crippen LogP contribution in [0.1, 0.15) is 0 Å². The summed E-state index contributed by atoms with van der Waals surface area (Å²) in [5.41, 5.74) is 6.25. The van der Waals surface area contributed by atoms with Crippen LogP contribution in [0.3, 0.4) is 0 Å². The van der Waals surface area contributed by atoms with Crippen molar-refractivity contribution >= 4 is 34.8 Å². The number of halogens is 2. The van der Waals surface area contributed by atoms with Gasteiger partial charge in [-0.1, -0.05) is 29.3 Å². The van der Waals surface area contributed by atoms with Crippen LogP contribution in [0.15, 0.2) is 35.8 Å². The number of hydrogen-bond acceptors (Lipinski definition) is 1. The quantitative estimate of drug-likeness (QED) is 0.488. The van der Waals surface area contributed by atoms with E-state index in [1.807, 2.05) is 0 Å². The average Bonchev–Trinajstić information content (AvgIpc) is 2.20. The fraction of sp³-hybridized carbons (Fsp3) is 0.100. The molecule has 15 heavy (non-hydrogen) atoms. The Morgan fingerprint density at radius 3 is 2.80 bits per heavy atom. The van der Waals surface area contributed by atoms with Crippen LogP contribution in [0, 0.1) is 0 Å². The van der Waals surface area contributed by atoms with Crippen molar-refractivity contribution in [3.05, 3.63) is 40.9 Å². The summed E-state index contributed by atoms with van der Waals surface area (Å²) in [4.78, 5) is 4.09. The molecule has 0 radical (unpaired) electrons. The van der Waals surface area contributed by atoms with Gasteiger partial charge in [0.25, 0.3) is 0 Å². The normalized spacial score (nSPS) is 11.2. The van der Waals surface area contributed by atoms with E-state index in [1.54, 1.807) is 24.3 Å². The molecular formula is C10H11Cl2N3. The molecule has 0 aromatic heterocycles. The predicted molar refractivity (Wildman–Crippen MR) is 65.9 cm³/mol. The summed E-state index contributed by atoms with van der Waals surface area (Å²) in [5, 5.41) is 3.80. The molecule has 5 heteroatoms. The van der Waals surface area contributed by atoms with Crippen molar-refractivity contribution in [1.29, 1.82) is 0 Å². The van der Waals surface area contributed by atoms with Gasteiger partial charge in [0.15, 0.2) is 5.96 Å². The van der Waals surface area contributed by atoms with Gasteiger partial charge in [-0.15, -0.1) is 6.58 Å². The molecule has 0 amide bonds. The van der Waals surface area contributed by atoms with Crippen LogP contribution >= 0.6 is 23.2 Å². The van der Waals surface area contributed by atoms with E-state index in [1.165, 1.54) is 0 Å². The number of rotatable bonds is 3. The first-order valence-corrected chi connectivity index (χ1v) is 5.03. The molecule has 0 aliphatic carbocycles. The molecule has 0 aliphatic rings. The summed E-state index contributed by atoms with van der Waals surface area (Å²) in [6.07, 6.45) is 1.69. The monoisotopic (exact) mass is 243 g/mol. The molecule has 0 saturated heterocycles. The van der Waals surface area contributed by atoms with Crippen LogP contribution in [-0.4, -0.2) is 12.5 Å². The Balaban J connectivity index is 2.79. The molecule has 80 valence electrons. The van der Waals surface area contributed by atoms with Crippen molar-refractivity contribution in [3.63, 3.8) is 0 Å². The number of aliphatic imine (C=N–C) groups is 1. The predicted octanol–water partition coefficient (Wildman–Crippen LogP) is 2.72. The molecule has 0 aliphatic heterocycles. The van der Waals surface area contributed by atoms with Gasteiger partial charge in [0.1, 0.15) is 0 Å². The minimum atomic E-state index is 0.313. The summed E-state index contributed by atoms with van der Waals surface area (Å²) >= 11 is 11.6. The largest absolute Gasteiger partial charge is 0.370 e. The lowest BCUT2D eigenvalue weighted by atomic mass is 10.3. The molecule has 0 unspecified atom stereocenters. The summed E-state index contributed by atoms with van der Waals surface area (Å²) in [5.74, 6) is 0.313. The second-order valence-corrected chi connectivity index (χ2v) is 3.58. The van der Waals surface area contributed by atoms with E-state index in [0.29, 0.717) is 28.2 Å². The van der Waals surface area contributed by atoms with E-state index in [2.05, 4.69) is 16.9 Å². The van der Waals surface area contributed by atoms with Crippen molar-refractivity contribution in [2.45, 2.75) is 0 Å². The zero-order valence-electron chi connectivity index (χ0n) is 8.00. The van der Waals surface area contributed by atoms with Crippen molar-refractivity contribution in [2.24, 2.45) is 10.7 Å². The molecule has 0 heterocycles. The summed E-state index contributed by atoms with van der Waals surface area (Å²) in [6, 6.07) is 5.05. The average molecular weight is 244 g/mol. The van der Waals surface area contributed by atoms with Gasteiger partial charge in [0.2, 0.25) is 0 Å². The van der Waals surface area contributed by atoms with Crippen LogP contribution in [-0.2, 0) is 0 Å². The van der Waals surface area contributed by atoms with Crippen LogP contribution < -0.4 is 11.1 Å². The lowest BCUT2D eigenvalue weighted by Gasteiger charge is -2.02. The third-order valence-electron chi connectivity index (χ3n) is 1.58. The lowest BCUT2D eigenvalue weighted by Crippen LogP contribution is -2.31. The van der Waals surface area contributed by atoms with E-state index in [4.69, 9.17) is 28.9 Å². The molecule has 3 N–H and O–H groups in total. The van der Waals surface area contributed by atoms with E-state index in [9.17, 15) is 0 Å². The standard InChI is InChI=1S/C10H11Cl2N3/c1-2-5-14-10(13)15-7-3-4-8(11)9(12)6-7/h2-4,6H,1,5H2,(H3,13,14,15). The molecule has 1 rings (SSSR count). The third-order valence-corrected chi connectivity index (χ3v) is 2.32. The Morgan fingerprint density at radius 2 is 2.20 bits per heavy atom. The fourth-order valence-electron chi connectivity index (χ4n) is 0.910. The topological polar surface area (TPSA) is 50.4 Å². The zero-order valence-corrected chi connectivity index (χ0v) is 9.52. The second-order valence-electron chi connectivity index (χ2n) is 2.77. The Morgan fingerprint density at radius 1 is 1.47 bits per heavy atom. The van der Waals surface area contributed by atoms with Crippen molar-refractivity contribution in [3.8, 4) is 0 Å². The summed E-state index contributed by atoms with van der Waals surface area (Å²) in [6.45, 7) is 4.12. The SMILES string of the molecule is C=CCNC(N)=Nc1ccc(Cl)c(Cl)c1. The van der Waals surface area contributed by atoms with Crippen molar-refractivity contribution < 1.29 is 0 Å². The highest BCUT2D eigenvalue weighted by Gasteiger charge is 1.98. The van der Waals surface area contributed by atoms with E-state index in [-0.39, 0.29) is 0 Å². The first kappa shape index (κ1) is 11.9. The molecule has 0 fully saturated rings. The zero-order chi connectivity index (χ0) is 11.3. The smallest absolute Gasteiger partial charge is 0.194 e. The van der Waals surface area contributed by atoms with Gasteiger partial charge in [-0.2, -0.15) is 0 Å². The van der Waals surface area contributed by atoms with E-state index in [0.717, 1.165) is 0 Å². The maximum absolute atomic E-state index is 5.82. The molecule has 3 nitrogen and oxygen atoms in total. The first-order chi connectivity index (χ1) is 7.13. The highest BCUT2D eigenvalue weighted by molar-refractivity contribution is 6.42. The molecule has 1 aromatic rings. The third kappa shape index (κ3) is 3.81. The molecule has 1 aromatic carbocycles. The molecular weight excluding hydrogens is 233 g/mol. The lowest BCUT2D eigenvalue weighted by molar-refractivity contribution is 1.02. The molecule has 0 spiro atoms. The Kier molecular flexibility index (Phi) is 4.46. The van der Waals surface area contributed by atoms with Gasteiger partial charge < -0.3 is 11.1 Å². The molecule has 0 bridgehead atoms. The number of benzene rings is 1. The number of hydrogen-bond donors (Lipinski definition) is 2. The van der Waals surface area contributed by atoms with Crippen LogP contribution in [0.4, 0.5) is 5.69 Å². The van der Waals surface area contributed by atoms with Crippen LogP contribution in [0.5, 0.6) is 0 Å². The van der Waals surface area contributed by atoms with Crippen molar-refractivity contribution in [2.75, 3.05) is 6.54 Å². The van der Waals surface area contributed by atoms with Gasteiger partial charge in [-0.3, -0.25) is 0 Å². The fourth-order valence-corrected chi connectivity index (χ4v) is 1.20. The number of nitrogens with two attached hydrogens (primary N) is 1. The first-order valence-electron chi connectivity index (χ1n) is 4.27. The summed E-state index contributed by atoms with van der Waals surface area (Å²) < 4.78 is 0. The molecule has 0 saturated carbocycles. The van der Waals surface area contributed by atoms with Gasteiger partial charge in [-0.25, -0.2) is 4.99 Å². The number of nitrogens with zero attached hydrogens (tertiary/aromatic N) is 1. The highest BCUT2D eigenvalue weighted by atomic mass is 35.5. The van der Waals surface area contributed by atoms with Gasteiger partial charge in [0, 0.05) is 6.54 Å². The Bertz CT molecular complexity index is 388. The van der Waals surface area contributed by atoms with E-state index >= 15 is 0 Å². The van der Waals surface area contributed by atoms with Gasteiger partial charge in [-0.05, 0) is 18.2 Å². The minimum absolute atomic E-state index is 0.313. The van der Waals surface area contributed by atoms with Crippen molar-refractivity contribution in [1.82, 2.24) is 5.32 Å². The molecule has 0 atom stereocenters. The highest BCUT2D eigenvalue weighted by Crippen LogP contribution is 2.26. The maximum Gasteiger partial charge on any atom is 0.194 e. The maximum atomic E-state index is 5.82. The van der Waals surface area contributed by atoms with Gasteiger partial charge in [0.05, 0.1) is 15.7 Å². The number of nitrogens with one attached hydrogen (secondary N) is 1. The van der Waals surface area contributed by atoms with Gasteiger partial charge >= 0.3 is 0 Å². The second kappa shape index (κ2) is 5.63. The van der Waals surface area contributed by atoms with E-state index < -0.39 is 0 Å². The Labute approximate surface area is 98.6 Å². The van der Waals surface area contributed by atoms with Crippen LogP contribution in [0.25, 0.3) is 0 Å². The van der Waals surface area contributed by atoms with Crippen LogP contribution in [0.2, 0.25) is 10.0 Å². The summed E-state index contributed by atoms with van der Waals surface area (Å²) in [7, 11) is 0. The Hall–Kier alpha value is -1.19.